The molecular formula is C9H17NO. The van der Waals surface area contributed by atoms with Crippen LogP contribution in [0.25, 0.3) is 0 Å². The lowest BCUT2D eigenvalue weighted by molar-refractivity contribution is 0.0977. The van der Waals surface area contributed by atoms with Crippen molar-refractivity contribution < 1.29 is 4.74 Å². The molecule has 0 aromatic carbocycles. The van der Waals surface area contributed by atoms with Crippen LogP contribution in [0.2, 0.25) is 0 Å². The Hall–Kier alpha value is -0.0800. The molecular weight excluding hydrogens is 138 g/mol. The number of epoxide rings is 1. The van der Waals surface area contributed by atoms with Crippen LogP contribution < -0.4 is 0 Å². The van der Waals surface area contributed by atoms with Crippen molar-refractivity contribution in [1.82, 2.24) is 4.90 Å². The summed E-state index contributed by atoms with van der Waals surface area (Å²) in [4.78, 5) is 2.51. The van der Waals surface area contributed by atoms with Crippen LogP contribution in [0.4, 0.5) is 0 Å². The summed E-state index contributed by atoms with van der Waals surface area (Å²) in [6.45, 7) is 9.23. The van der Waals surface area contributed by atoms with Crippen LogP contribution >= 0.6 is 0 Å². The Bertz CT molecular complexity index is 154. The summed E-state index contributed by atoms with van der Waals surface area (Å²) in [5, 5.41) is 0. The highest BCUT2D eigenvalue weighted by Gasteiger charge is 2.51. The second-order valence-electron chi connectivity index (χ2n) is 3.90. The minimum atomic E-state index is 0.325. The summed E-state index contributed by atoms with van der Waals surface area (Å²) in [6, 6.07) is 0. The standard InChI is InChI=1S/C9H17NO/c1-3-10-5-4-9(7-11-9)8(2)6-10/h8H,3-7H2,1-2H3/t8-,9+/m0/s1. The first kappa shape index (κ1) is 7.56. The smallest absolute Gasteiger partial charge is 0.0966 e. The van der Waals surface area contributed by atoms with Gasteiger partial charge >= 0.3 is 0 Å². The van der Waals surface area contributed by atoms with E-state index in [9.17, 15) is 0 Å². The quantitative estimate of drug-likeness (QED) is 0.527. The van der Waals surface area contributed by atoms with Crippen LogP contribution in [0, 0.1) is 5.92 Å². The van der Waals surface area contributed by atoms with Gasteiger partial charge in [-0.2, -0.15) is 0 Å². The first-order valence-corrected chi connectivity index (χ1v) is 4.63. The molecule has 2 fully saturated rings. The minimum Gasteiger partial charge on any atom is -0.369 e. The van der Waals surface area contributed by atoms with E-state index in [1.807, 2.05) is 0 Å². The molecule has 2 aliphatic rings. The van der Waals surface area contributed by atoms with E-state index in [-0.39, 0.29) is 0 Å². The van der Waals surface area contributed by atoms with Crippen LogP contribution in [-0.2, 0) is 4.74 Å². The van der Waals surface area contributed by atoms with Gasteiger partial charge in [0.15, 0.2) is 0 Å². The maximum atomic E-state index is 5.52. The molecule has 0 N–H and O–H groups in total. The number of likely N-dealkylation sites (tertiary alicyclic amines) is 1. The Balaban J connectivity index is 1.94. The van der Waals surface area contributed by atoms with Crippen molar-refractivity contribution in [3.63, 3.8) is 0 Å². The molecule has 2 atom stereocenters. The predicted molar refractivity (Wildman–Crippen MR) is 44.6 cm³/mol. The number of rotatable bonds is 1. The highest BCUT2D eigenvalue weighted by Crippen LogP contribution is 2.41. The summed E-state index contributed by atoms with van der Waals surface area (Å²) in [5.41, 5.74) is 0.325. The lowest BCUT2D eigenvalue weighted by atomic mass is 9.87. The molecule has 2 saturated heterocycles. The molecule has 0 bridgehead atoms. The summed E-state index contributed by atoms with van der Waals surface area (Å²) in [6.07, 6.45) is 1.25. The van der Waals surface area contributed by atoms with E-state index < -0.39 is 0 Å². The summed E-state index contributed by atoms with van der Waals surface area (Å²) in [7, 11) is 0. The van der Waals surface area contributed by atoms with Gasteiger partial charge in [0, 0.05) is 19.0 Å². The van der Waals surface area contributed by atoms with E-state index in [1.54, 1.807) is 0 Å². The topological polar surface area (TPSA) is 15.8 Å². The van der Waals surface area contributed by atoms with Crippen molar-refractivity contribution in [2.45, 2.75) is 25.9 Å². The number of hydrogen-bond acceptors (Lipinski definition) is 2. The van der Waals surface area contributed by atoms with Gasteiger partial charge in [-0.15, -0.1) is 0 Å². The van der Waals surface area contributed by atoms with Crippen LogP contribution in [0.15, 0.2) is 0 Å². The first-order chi connectivity index (χ1) is 5.27. The summed E-state index contributed by atoms with van der Waals surface area (Å²) in [5.74, 6) is 0.746. The van der Waals surface area contributed by atoms with Gasteiger partial charge in [0.05, 0.1) is 12.2 Å². The average Bonchev–Trinajstić information content (AvgIpc) is 2.77. The van der Waals surface area contributed by atoms with Crippen molar-refractivity contribution >= 4 is 0 Å². The fourth-order valence-corrected chi connectivity index (χ4v) is 2.05. The summed E-state index contributed by atoms with van der Waals surface area (Å²) >= 11 is 0. The fourth-order valence-electron chi connectivity index (χ4n) is 2.05. The van der Waals surface area contributed by atoms with Crippen LogP contribution in [-0.4, -0.2) is 36.7 Å². The number of ether oxygens (including phenoxy) is 1. The largest absolute Gasteiger partial charge is 0.369 e. The van der Waals surface area contributed by atoms with E-state index in [2.05, 4.69) is 18.7 Å². The fraction of sp³-hybridized carbons (Fsp3) is 1.00. The van der Waals surface area contributed by atoms with Crippen molar-refractivity contribution in [2.24, 2.45) is 5.92 Å². The van der Waals surface area contributed by atoms with E-state index in [0.29, 0.717) is 5.60 Å². The maximum absolute atomic E-state index is 5.52. The van der Waals surface area contributed by atoms with Gasteiger partial charge in [-0.1, -0.05) is 13.8 Å². The molecule has 1 spiro atoms. The Kier molecular flexibility index (Phi) is 1.69. The Labute approximate surface area is 68.5 Å². The van der Waals surface area contributed by atoms with Crippen molar-refractivity contribution in [3.8, 4) is 0 Å². The van der Waals surface area contributed by atoms with Gasteiger partial charge in [-0.3, -0.25) is 0 Å². The molecule has 0 unspecified atom stereocenters. The van der Waals surface area contributed by atoms with Gasteiger partial charge in [0.2, 0.25) is 0 Å². The number of hydrogen-bond donors (Lipinski definition) is 0. The maximum Gasteiger partial charge on any atom is 0.0966 e. The molecule has 2 heterocycles. The Morgan fingerprint density at radius 3 is 2.82 bits per heavy atom. The second kappa shape index (κ2) is 2.46. The van der Waals surface area contributed by atoms with Crippen molar-refractivity contribution in [2.75, 3.05) is 26.2 Å². The molecule has 11 heavy (non-hydrogen) atoms. The van der Waals surface area contributed by atoms with E-state index in [1.165, 1.54) is 26.1 Å². The minimum absolute atomic E-state index is 0.325. The molecule has 2 rings (SSSR count). The molecule has 2 nitrogen and oxygen atoms in total. The number of piperidine rings is 1. The Morgan fingerprint density at radius 2 is 2.36 bits per heavy atom. The molecule has 0 aliphatic carbocycles. The molecule has 2 heteroatoms. The predicted octanol–water partition coefficient (Wildman–Crippen LogP) is 1.12. The molecule has 0 aromatic heterocycles. The Morgan fingerprint density at radius 1 is 1.64 bits per heavy atom. The third kappa shape index (κ3) is 1.18. The molecule has 2 aliphatic heterocycles. The third-order valence-corrected chi connectivity index (χ3v) is 3.24. The average molecular weight is 155 g/mol. The summed E-state index contributed by atoms with van der Waals surface area (Å²) < 4.78 is 5.52. The normalized spacial score (nSPS) is 44.7. The van der Waals surface area contributed by atoms with Crippen LogP contribution in [0.5, 0.6) is 0 Å². The molecule has 0 radical (unpaired) electrons. The third-order valence-electron chi connectivity index (χ3n) is 3.24. The molecule has 0 aromatic rings. The van der Waals surface area contributed by atoms with Crippen molar-refractivity contribution in [1.29, 1.82) is 0 Å². The van der Waals surface area contributed by atoms with E-state index in [0.717, 1.165) is 12.5 Å². The van der Waals surface area contributed by atoms with Gasteiger partial charge < -0.3 is 9.64 Å². The van der Waals surface area contributed by atoms with E-state index >= 15 is 0 Å². The monoisotopic (exact) mass is 155 g/mol. The van der Waals surface area contributed by atoms with Crippen LogP contribution in [0.1, 0.15) is 20.3 Å². The van der Waals surface area contributed by atoms with Gasteiger partial charge in [0.25, 0.3) is 0 Å². The van der Waals surface area contributed by atoms with Crippen LogP contribution in [0.3, 0.4) is 0 Å². The molecule has 0 saturated carbocycles. The zero-order valence-electron chi connectivity index (χ0n) is 7.47. The van der Waals surface area contributed by atoms with Gasteiger partial charge in [-0.05, 0) is 13.0 Å². The SMILES string of the molecule is CCN1CC[C@@]2(CO2)[C@@H](C)C1. The lowest BCUT2D eigenvalue weighted by Gasteiger charge is -2.34. The lowest BCUT2D eigenvalue weighted by Crippen LogP contribution is -2.43. The molecule has 0 amide bonds. The first-order valence-electron chi connectivity index (χ1n) is 4.63. The molecule has 64 valence electrons. The van der Waals surface area contributed by atoms with E-state index in [4.69, 9.17) is 4.74 Å². The second-order valence-corrected chi connectivity index (χ2v) is 3.90. The number of nitrogens with zero attached hydrogens (tertiary/aromatic N) is 1. The van der Waals surface area contributed by atoms with Gasteiger partial charge in [0.1, 0.15) is 0 Å². The highest BCUT2D eigenvalue weighted by molar-refractivity contribution is 5.00. The zero-order valence-corrected chi connectivity index (χ0v) is 7.47. The zero-order chi connectivity index (χ0) is 7.90. The van der Waals surface area contributed by atoms with Crippen molar-refractivity contribution in [3.05, 3.63) is 0 Å². The highest BCUT2D eigenvalue weighted by atomic mass is 16.6. The van der Waals surface area contributed by atoms with Gasteiger partial charge in [-0.25, -0.2) is 0 Å².